The number of aromatic nitrogens is 1. The largest absolute Gasteiger partial charge is 0.369 e. The number of amides is 1. The van der Waals surface area contributed by atoms with Gasteiger partial charge in [0, 0.05) is 37.9 Å². The van der Waals surface area contributed by atoms with E-state index in [-0.39, 0.29) is 35.8 Å². The number of guanidine groups is 1. The lowest BCUT2D eigenvalue weighted by Crippen LogP contribution is -2.42. The SMILES string of the molecule is CCNC(=NCc1cccnc1N1CCCC(C(N)=O)C1)NCCCCSC.I. The zero-order valence-electron chi connectivity index (χ0n) is 17.5. The number of aliphatic imine (C=N–C) groups is 1. The van der Waals surface area contributed by atoms with Crippen molar-refractivity contribution in [1.82, 2.24) is 15.6 Å². The normalized spacial score (nSPS) is 16.8. The maximum Gasteiger partial charge on any atom is 0.222 e. The van der Waals surface area contributed by atoms with Crippen LogP contribution >= 0.6 is 35.7 Å². The summed E-state index contributed by atoms with van der Waals surface area (Å²) in [7, 11) is 0. The van der Waals surface area contributed by atoms with Gasteiger partial charge in [-0.1, -0.05) is 6.07 Å². The quantitative estimate of drug-likeness (QED) is 0.185. The number of nitrogens with one attached hydrogen (secondary N) is 2. The van der Waals surface area contributed by atoms with Crippen LogP contribution in [-0.4, -0.2) is 55.0 Å². The van der Waals surface area contributed by atoms with Crippen LogP contribution in [0.1, 0.15) is 38.2 Å². The maximum atomic E-state index is 11.6. The molecule has 0 aromatic carbocycles. The molecule has 7 nitrogen and oxygen atoms in total. The van der Waals surface area contributed by atoms with Crippen LogP contribution < -0.4 is 21.3 Å². The van der Waals surface area contributed by atoms with Crippen molar-refractivity contribution in [2.24, 2.45) is 16.6 Å². The van der Waals surface area contributed by atoms with E-state index < -0.39 is 0 Å². The van der Waals surface area contributed by atoms with Crippen molar-refractivity contribution in [1.29, 1.82) is 0 Å². The topological polar surface area (TPSA) is 95.6 Å². The van der Waals surface area contributed by atoms with Gasteiger partial charge >= 0.3 is 0 Å². The summed E-state index contributed by atoms with van der Waals surface area (Å²) in [4.78, 5) is 23.1. The highest BCUT2D eigenvalue weighted by atomic mass is 127. The summed E-state index contributed by atoms with van der Waals surface area (Å²) in [6, 6.07) is 3.99. The molecule has 1 aliphatic heterocycles. The number of rotatable bonds is 10. The second-order valence-corrected chi connectivity index (χ2v) is 7.98. The van der Waals surface area contributed by atoms with Crippen molar-refractivity contribution in [2.45, 2.75) is 39.2 Å². The highest BCUT2D eigenvalue weighted by molar-refractivity contribution is 14.0. The smallest absolute Gasteiger partial charge is 0.222 e. The fourth-order valence-electron chi connectivity index (χ4n) is 3.32. The third-order valence-electron chi connectivity index (χ3n) is 4.81. The van der Waals surface area contributed by atoms with E-state index in [1.807, 2.05) is 17.8 Å². The number of halogens is 1. The van der Waals surface area contributed by atoms with Crippen LogP contribution in [0.5, 0.6) is 0 Å². The van der Waals surface area contributed by atoms with Crippen LogP contribution in [0.2, 0.25) is 0 Å². The second-order valence-electron chi connectivity index (χ2n) is 7.00. The molecule has 1 atom stereocenters. The van der Waals surface area contributed by atoms with Gasteiger partial charge in [-0.3, -0.25) is 4.79 Å². The van der Waals surface area contributed by atoms with Gasteiger partial charge in [-0.05, 0) is 50.7 Å². The lowest BCUT2D eigenvalue weighted by Gasteiger charge is -2.33. The fourth-order valence-corrected chi connectivity index (χ4v) is 3.82. The van der Waals surface area contributed by atoms with Gasteiger partial charge in [0.25, 0.3) is 0 Å². The van der Waals surface area contributed by atoms with Gasteiger partial charge < -0.3 is 21.3 Å². The molecule has 1 unspecified atom stereocenters. The number of pyridine rings is 1. The Hall–Kier alpha value is -1.23. The minimum Gasteiger partial charge on any atom is -0.369 e. The molecule has 2 heterocycles. The minimum absolute atomic E-state index is 0. The predicted molar refractivity (Wildman–Crippen MR) is 134 cm³/mol. The fraction of sp³-hybridized carbons (Fsp3) is 0.650. The van der Waals surface area contributed by atoms with E-state index >= 15 is 0 Å². The highest BCUT2D eigenvalue weighted by Gasteiger charge is 2.25. The van der Waals surface area contributed by atoms with Crippen molar-refractivity contribution >= 4 is 53.4 Å². The second kappa shape index (κ2) is 14.7. The molecule has 0 saturated carbocycles. The Kier molecular flexibility index (Phi) is 13.1. The summed E-state index contributed by atoms with van der Waals surface area (Å²) >= 11 is 1.88. The van der Waals surface area contributed by atoms with E-state index in [1.165, 1.54) is 12.2 Å². The van der Waals surface area contributed by atoms with Crippen molar-refractivity contribution in [3.05, 3.63) is 23.9 Å². The predicted octanol–water partition coefficient (Wildman–Crippen LogP) is 2.60. The molecule has 29 heavy (non-hydrogen) atoms. The summed E-state index contributed by atoms with van der Waals surface area (Å²) in [5.74, 6) is 2.60. The van der Waals surface area contributed by atoms with Crippen molar-refractivity contribution in [2.75, 3.05) is 43.1 Å². The van der Waals surface area contributed by atoms with Gasteiger partial charge in [0.2, 0.25) is 5.91 Å². The van der Waals surface area contributed by atoms with Gasteiger partial charge in [0.15, 0.2) is 5.96 Å². The van der Waals surface area contributed by atoms with E-state index in [0.29, 0.717) is 13.1 Å². The maximum absolute atomic E-state index is 11.6. The number of primary amides is 1. The molecule has 1 saturated heterocycles. The first-order valence-electron chi connectivity index (χ1n) is 10.1. The monoisotopic (exact) mass is 534 g/mol. The van der Waals surface area contributed by atoms with Crippen LogP contribution in [0.25, 0.3) is 0 Å². The Morgan fingerprint density at radius 2 is 2.24 bits per heavy atom. The van der Waals surface area contributed by atoms with Crippen molar-refractivity contribution < 1.29 is 4.79 Å². The average Bonchev–Trinajstić information content (AvgIpc) is 2.72. The van der Waals surface area contributed by atoms with Gasteiger partial charge in [-0.25, -0.2) is 9.98 Å². The molecule has 164 valence electrons. The number of unbranched alkanes of at least 4 members (excludes halogenated alkanes) is 1. The number of piperidine rings is 1. The van der Waals surface area contributed by atoms with Gasteiger partial charge in [0.05, 0.1) is 12.5 Å². The first-order valence-corrected chi connectivity index (χ1v) is 11.5. The van der Waals surface area contributed by atoms with E-state index in [4.69, 9.17) is 10.7 Å². The zero-order chi connectivity index (χ0) is 20.2. The number of hydrogen-bond acceptors (Lipinski definition) is 5. The standard InChI is InChI=1S/C20H34N6OS.HI/c1-3-22-20(24-10-4-5-13-28-2)25-14-16-8-6-11-23-19(16)26-12-7-9-17(15-26)18(21)27;/h6,8,11,17H,3-5,7,9-10,12-15H2,1-2H3,(H2,21,27)(H2,22,24,25);1H. The van der Waals surface area contributed by atoms with Crippen LogP contribution in [0.3, 0.4) is 0 Å². The summed E-state index contributed by atoms with van der Waals surface area (Å²) in [6.45, 7) is 5.88. The molecule has 1 amide bonds. The summed E-state index contributed by atoms with van der Waals surface area (Å²) in [5.41, 5.74) is 6.59. The van der Waals surface area contributed by atoms with Crippen LogP contribution in [0, 0.1) is 5.92 Å². The molecule has 0 bridgehead atoms. The van der Waals surface area contributed by atoms with E-state index in [1.54, 1.807) is 6.20 Å². The first kappa shape index (κ1) is 25.8. The third kappa shape index (κ3) is 8.98. The average molecular weight is 535 g/mol. The Labute approximate surface area is 196 Å². The molecule has 2 rings (SSSR count). The zero-order valence-corrected chi connectivity index (χ0v) is 20.7. The molecular weight excluding hydrogens is 499 g/mol. The highest BCUT2D eigenvalue weighted by Crippen LogP contribution is 2.24. The van der Waals surface area contributed by atoms with E-state index in [0.717, 1.165) is 56.2 Å². The number of hydrogen-bond donors (Lipinski definition) is 3. The summed E-state index contributed by atoms with van der Waals surface area (Å²) in [6.07, 6.45) is 8.08. The molecule has 1 fully saturated rings. The number of thioether (sulfide) groups is 1. The Bertz CT molecular complexity index is 645. The van der Waals surface area contributed by atoms with Crippen molar-refractivity contribution in [3.8, 4) is 0 Å². The third-order valence-corrected chi connectivity index (χ3v) is 5.51. The lowest BCUT2D eigenvalue weighted by molar-refractivity contribution is -0.122. The van der Waals surface area contributed by atoms with Crippen LogP contribution in [-0.2, 0) is 11.3 Å². The van der Waals surface area contributed by atoms with Gasteiger partial charge in [-0.2, -0.15) is 11.8 Å². The number of carbonyl (C=O) groups excluding carboxylic acids is 1. The number of carbonyl (C=O) groups is 1. The van der Waals surface area contributed by atoms with Crippen LogP contribution in [0.15, 0.2) is 23.3 Å². The van der Waals surface area contributed by atoms with E-state index in [9.17, 15) is 4.79 Å². The molecule has 0 spiro atoms. The van der Waals surface area contributed by atoms with Crippen LogP contribution in [0.4, 0.5) is 5.82 Å². The van der Waals surface area contributed by atoms with E-state index in [2.05, 4.69) is 39.8 Å². The summed E-state index contributed by atoms with van der Waals surface area (Å²) < 4.78 is 0. The number of nitrogens with zero attached hydrogens (tertiary/aromatic N) is 3. The first-order chi connectivity index (χ1) is 13.7. The summed E-state index contributed by atoms with van der Waals surface area (Å²) in [5, 5.41) is 6.71. The number of anilines is 1. The van der Waals surface area contributed by atoms with Gasteiger partial charge in [-0.15, -0.1) is 24.0 Å². The Balaban J connectivity index is 0.00000420. The number of nitrogens with two attached hydrogens (primary N) is 1. The molecule has 0 radical (unpaired) electrons. The Morgan fingerprint density at radius 1 is 1.41 bits per heavy atom. The Morgan fingerprint density at radius 3 is 2.97 bits per heavy atom. The molecule has 1 aliphatic rings. The molecule has 1 aromatic heterocycles. The molecule has 4 N–H and O–H groups in total. The molecule has 0 aliphatic carbocycles. The van der Waals surface area contributed by atoms with Gasteiger partial charge in [0.1, 0.15) is 5.82 Å². The minimum atomic E-state index is -0.222. The molecule has 9 heteroatoms. The molecule has 1 aromatic rings. The molecular formula is C20H35IN6OS. The van der Waals surface area contributed by atoms with Crippen molar-refractivity contribution in [3.63, 3.8) is 0 Å². The lowest BCUT2D eigenvalue weighted by atomic mass is 9.97.